The van der Waals surface area contributed by atoms with E-state index < -0.39 is 6.09 Å². The maximum atomic E-state index is 10.6. The number of nitrogens with zero attached hydrogens (tertiary/aromatic N) is 1. The maximum absolute atomic E-state index is 10.6. The average Bonchev–Trinajstić information content (AvgIpc) is 2.80. The van der Waals surface area contributed by atoms with Crippen LogP contribution in [0.2, 0.25) is 10.0 Å². The van der Waals surface area contributed by atoms with Gasteiger partial charge in [0, 0.05) is 21.4 Å². The molecule has 1 amide bonds. The summed E-state index contributed by atoms with van der Waals surface area (Å²) in [7, 11) is 0. The summed E-state index contributed by atoms with van der Waals surface area (Å²) in [6.45, 7) is 4.34. The summed E-state index contributed by atoms with van der Waals surface area (Å²) in [4.78, 5) is 19.4. The molecule has 5 nitrogen and oxygen atoms in total. The number of nitrogens with one attached hydrogen (secondary N) is 1. The molecule has 1 heterocycles. The van der Waals surface area contributed by atoms with Gasteiger partial charge >= 0.3 is 6.09 Å². The number of nitrogens with two attached hydrogens (primary N) is 1. The first-order valence-electron chi connectivity index (χ1n) is 7.00. The molecule has 0 spiro atoms. The van der Waals surface area contributed by atoms with Crippen LogP contribution in [0.15, 0.2) is 28.1 Å². The number of halogens is 2. The molecule has 2 rings (SSSR count). The van der Waals surface area contributed by atoms with Crippen molar-refractivity contribution >= 4 is 41.1 Å². The van der Waals surface area contributed by atoms with Crippen molar-refractivity contribution in [1.82, 2.24) is 9.97 Å². The molecular weight excluding hydrogens is 357 g/mol. The number of ether oxygens (including phenoxy) is 1. The lowest BCUT2D eigenvalue weighted by atomic mass is 10.2. The Bertz CT molecular complexity index is 684. The highest BCUT2D eigenvalue weighted by Crippen LogP contribution is 2.35. The van der Waals surface area contributed by atoms with Gasteiger partial charge in [0.25, 0.3) is 0 Å². The van der Waals surface area contributed by atoms with Crippen LogP contribution in [0.3, 0.4) is 0 Å². The normalized spacial score (nSPS) is 11.0. The SMILES string of the molecule is CC(C)c1[nH]c(CCOC(N)=O)nc1Sc1cc(Cl)cc(Cl)c1. The van der Waals surface area contributed by atoms with Crippen LogP contribution in [0.25, 0.3) is 0 Å². The van der Waals surface area contributed by atoms with Gasteiger partial charge in [-0.3, -0.25) is 0 Å². The molecule has 0 aliphatic carbocycles. The van der Waals surface area contributed by atoms with Crippen LogP contribution in [0.5, 0.6) is 0 Å². The van der Waals surface area contributed by atoms with Crippen LogP contribution in [-0.2, 0) is 11.2 Å². The van der Waals surface area contributed by atoms with E-state index in [-0.39, 0.29) is 12.5 Å². The molecule has 0 saturated carbocycles. The fourth-order valence-corrected chi connectivity index (χ4v) is 3.76. The lowest BCUT2D eigenvalue weighted by Crippen LogP contribution is -2.15. The van der Waals surface area contributed by atoms with Crippen LogP contribution in [-0.4, -0.2) is 22.7 Å². The number of hydrogen-bond donors (Lipinski definition) is 2. The number of benzene rings is 1. The zero-order valence-electron chi connectivity index (χ0n) is 12.7. The molecule has 2 aromatic rings. The maximum Gasteiger partial charge on any atom is 0.404 e. The number of imidazole rings is 1. The van der Waals surface area contributed by atoms with Crippen molar-refractivity contribution in [2.45, 2.75) is 36.1 Å². The monoisotopic (exact) mass is 373 g/mol. The van der Waals surface area contributed by atoms with Crippen molar-refractivity contribution in [3.63, 3.8) is 0 Å². The van der Waals surface area contributed by atoms with Gasteiger partial charge in [0.2, 0.25) is 0 Å². The predicted molar refractivity (Wildman–Crippen MR) is 92.5 cm³/mol. The van der Waals surface area contributed by atoms with Gasteiger partial charge in [0.05, 0.1) is 5.69 Å². The summed E-state index contributed by atoms with van der Waals surface area (Å²) in [5.74, 6) is 1.01. The molecule has 0 unspecified atom stereocenters. The van der Waals surface area contributed by atoms with Crippen molar-refractivity contribution in [3.05, 3.63) is 39.8 Å². The third-order valence-electron chi connectivity index (χ3n) is 2.96. The number of amides is 1. The summed E-state index contributed by atoms with van der Waals surface area (Å²) in [6, 6.07) is 5.37. The van der Waals surface area contributed by atoms with Gasteiger partial charge in [-0.25, -0.2) is 9.78 Å². The molecule has 0 radical (unpaired) electrons. The zero-order chi connectivity index (χ0) is 17.0. The molecule has 1 aromatic carbocycles. The van der Waals surface area contributed by atoms with Gasteiger partial charge in [-0.2, -0.15) is 0 Å². The minimum absolute atomic E-state index is 0.188. The third kappa shape index (κ3) is 5.34. The Morgan fingerprint density at radius 2 is 2.00 bits per heavy atom. The van der Waals surface area contributed by atoms with Crippen molar-refractivity contribution < 1.29 is 9.53 Å². The minimum Gasteiger partial charge on any atom is -0.449 e. The Morgan fingerprint density at radius 3 is 2.57 bits per heavy atom. The molecule has 0 atom stereocenters. The number of hydrogen-bond acceptors (Lipinski definition) is 4. The van der Waals surface area contributed by atoms with E-state index in [0.29, 0.717) is 16.5 Å². The standard InChI is InChI=1S/C15H17Cl2N3O2S/c1-8(2)13-14(20-12(19-13)3-4-22-15(18)21)23-11-6-9(16)5-10(17)7-11/h5-8H,3-4H2,1-2H3,(H2,18,21)(H,19,20). The number of carbonyl (C=O) groups excluding carboxylic acids is 1. The van der Waals surface area contributed by atoms with E-state index in [1.165, 1.54) is 11.8 Å². The first kappa shape index (κ1) is 18.0. The average molecular weight is 374 g/mol. The first-order chi connectivity index (χ1) is 10.8. The van der Waals surface area contributed by atoms with Crippen LogP contribution in [0.4, 0.5) is 4.79 Å². The molecule has 8 heteroatoms. The summed E-state index contributed by atoms with van der Waals surface area (Å²) < 4.78 is 4.74. The van der Waals surface area contributed by atoms with E-state index >= 15 is 0 Å². The van der Waals surface area contributed by atoms with Crippen molar-refractivity contribution in [2.75, 3.05) is 6.61 Å². The van der Waals surface area contributed by atoms with Crippen LogP contribution >= 0.6 is 35.0 Å². The first-order valence-corrected chi connectivity index (χ1v) is 8.57. The van der Waals surface area contributed by atoms with Gasteiger partial charge in [-0.1, -0.05) is 48.8 Å². The second-order valence-electron chi connectivity index (χ2n) is 5.18. The quantitative estimate of drug-likeness (QED) is 0.773. The fourth-order valence-electron chi connectivity index (χ4n) is 1.95. The highest BCUT2D eigenvalue weighted by Gasteiger charge is 2.15. The number of primary amides is 1. The zero-order valence-corrected chi connectivity index (χ0v) is 15.1. The minimum atomic E-state index is -0.788. The molecule has 0 bridgehead atoms. The number of carbonyl (C=O) groups is 1. The topological polar surface area (TPSA) is 81.0 Å². The molecule has 0 aliphatic heterocycles. The Morgan fingerprint density at radius 1 is 1.35 bits per heavy atom. The Hall–Kier alpha value is -1.37. The van der Waals surface area contributed by atoms with Crippen LogP contribution in [0, 0.1) is 0 Å². The fraction of sp³-hybridized carbons (Fsp3) is 0.333. The van der Waals surface area contributed by atoms with Gasteiger partial charge in [0.15, 0.2) is 0 Å². The molecule has 124 valence electrons. The van der Waals surface area contributed by atoms with E-state index in [4.69, 9.17) is 33.7 Å². The second kappa shape index (κ2) is 7.95. The van der Waals surface area contributed by atoms with E-state index in [2.05, 4.69) is 23.8 Å². The van der Waals surface area contributed by atoms with Crippen molar-refractivity contribution in [2.24, 2.45) is 5.73 Å². The molecular formula is C15H17Cl2N3O2S. The summed E-state index contributed by atoms with van der Waals surface area (Å²) >= 11 is 13.6. The summed E-state index contributed by atoms with van der Waals surface area (Å²) in [5, 5.41) is 2.01. The van der Waals surface area contributed by atoms with Gasteiger partial charge in [-0.05, 0) is 24.1 Å². The smallest absolute Gasteiger partial charge is 0.404 e. The number of aromatic amines is 1. The molecule has 1 aromatic heterocycles. The van der Waals surface area contributed by atoms with E-state index in [0.717, 1.165) is 21.4 Å². The Balaban J connectivity index is 2.19. The van der Waals surface area contributed by atoms with E-state index in [1.807, 2.05) is 12.1 Å². The van der Waals surface area contributed by atoms with E-state index in [1.54, 1.807) is 6.07 Å². The molecule has 3 N–H and O–H groups in total. The molecule has 0 saturated heterocycles. The van der Waals surface area contributed by atoms with Crippen LogP contribution < -0.4 is 5.73 Å². The Labute approximate surface area is 148 Å². The predicted octanol–water partition coefficient (Wildman–Crippen LogP) is 4.63. The summed E-state index contributed by atoms with van der Waals surface area (Å²) in [6.07, 6.45) is -0.316. The van der Waals surface area contributed by atoms with Gasteiger partial charge in [0.1, 0.15) is 17.5 Å². The van der Waals surface area contributed by atoms with Crippen molar-refractivity contribution in [1.29, 1.82) is 0 Å². The highest BCUT2D eigenvalue weighted by molar-refractivity contribution is 7.99. The van der Waals surface area contributed by atoms with Crippen molar-refractivity contribution in [3.8, 4) is 0 Å². The molecule has 23 heavy (non-hydrogen) atoms. The molecule has 0 fully saturated rings. The highest BCUT2D eigenvalue weighted by atomic mass is 35.5. The largest absolute Gasteiger partial charge is 0.449 e. The Kier molecular flexibility index (Phi) is 6.21. The lowest BCUT2D eigenvalue weighted by molar-refractivity contribution is 0.157. The van der Waals surface area contributed by atoms with E-state index in [9.17, 15) is 4.79 Å². The second-order valence-corrected chi connectivity index (χ2v) is 7.12. The van der Waals surface area contributed by atoms with Gasteiger partial charge in [-0.15, -0.1) is 0 Å². The number of rotatable bonds is 6. The summed E-state index contributed by atoms with van der Waals surface area (Å²) in [5.41, 5.74) is 5.96. The number of H-pyrrole nitrogens is 1. The van der Waals surface area contributed by atoms with Crippen LogP contribution in [0.1, 0.15) is 31.3 Å². The van der Waals surface area contributed by atoms with Gasteiger partial charge < -0.3 is 15.5 Å². The number of aromatic nitrogens is 2. The molecule has 0 aliphatic rings. The lowest BCUT2D eigenvalue weighted by Gasteiger charge is -2.06. The third-order valence-corrected chi connectivity index (χ3v) is 4.37.